The molecule has 0 bridgehead atoms. The highest BCUT2D eigenvalue weighted by molar-refractivity contribution is 5.93. The lowest BCUT2D eigenvalue weighted by Gasteiger charge is -2.54. The van der Waals surface area contributed by atoms with Crippen molar-refractivity contribution in [2.24, 2.45) is 17.3 Å². The quantitative estimate of drug-likeness (QED) is 0.580. The van der Waals surface area contributed by atoms with E-state index in [2.05, 4.69) is 56.1 Å². The minimum atomic E-state index is -0.492. The lowest BCUT2D eigenvalue weighted by atomic mass is 9.51. The SMILES string of the molecule is C#C[C@]1(OC)CC[C@H]2[C@@H]3CCC4=CC(=O)CCC4=C3[C@@H](c3ccc(N(C)C)cc3)CC21C. The van der Waals surface area contributed by atoms with Gasteiger partial charge in [-0.3, -0.25) is 4.79 Å². The van der Waals surface area contributed by atoms with Gasteiger partial charge in [0.25, 0.3) is 0 Å². The zero-order chi connectivity index (χ0) is 22.7. The molecule has 0 N–H and O–H groups in total. The standard InChI is InChI=1S/C29H35NO2/c1-6-29(32-5)16-15-26-24-13-9-20-17-22(31)12-14-23(20)27(24)25(18-28(26,29)2)19-7-10-21(11-8-19)30(3)4/h1,7-8,10-11,17,24-26H,9,12-16,18H2,2-5H3/t24-,25+,26-,28?,29-/m0/s1. The van der Waals surface area contributed by atoms with Crippen molar-refractivity contribution in [3.63, 3.8) is 0 Å². The van der Waals surface area contributed by atoms with Gasteiger partial charge in [-0.2, -0.15) is 0 Å². The Hall–Kier alpha value is -2.31. The summed E-state index contributed by atoms with van der Waals surface area (Å²) in [7, 11) is 5.96. The number of allylic oxidation sites excluding steroid dienone is 4. The summed E-state index contributed by atoms with van der Waals surface area (Å²) in [6.45, 7) is 2.40. The summed E-state index contributed by atoms with van der Waals surface area (Å²) >= 11 is 0. The average molecular weight is 430 g/mol. The first-order valence-corrected chi connectivity index (χ1v) is 12.1. The van der Waals surface area contributed by atoms with Gasteiger partial charge in [-0.05, 0) is 85.3 Å². The highest BCUT2D eigenvalue weighted by atomic mass is 16.5. The molecule has 0 heterocycles. The molecule has 4 aliphatic carbocycles. The van der Waals surface area contributed by atoms with Crippen LogP contribution in [0.25, 0.3) is 0 Å². The molecular weight excluding hydrogens is 394 g/mol. The molecule has 3 nitrogen and oxygen atoms in total. The van der Waals surface area contributed by atoms with Gasteiger partial charge >= 0.3 is 0 Å². The van der Waals surface area contributed by atoms with Crippen LogP contribution in [0.3, 0.4) is 0 Å². The Kier molecular flexibility index (Phi) is 5.13. The Morgan fingerprint density at radius 2 is 1.88 bits per heavy atom. The Morgan fingerprint density at radius 1 is 1.12 bits per heavy atom. The molecule has 0 amide bonds. The summed E-state index contributed by atoms with van der Waals surface area (Å²) in [5, 5.41) is 0. The first kappa shape index (κ1) is 21.5. The van der Waals surface area contributed by atoms with Crippen molar-refractivity contribution in [1.82, 2.24) is 0 Å². The van der Waals surface area contributed by atoms with Crippen LogP contribution < -0.4 is 4.90 Å². The van der Waals surface area contributed by atoms with Crippen LogP contribution in [0.15, 0.2) is 47.1 Å². The first-order valence-electron chi connectivity index (χ1n) is 12.1. The minimum absolute atomic E-state index is 0.0538. The average Bonchev–Trinajstić information content (AvgIpc) is 3.10. The number of fused-ring (bicyclic) bond motifs is 4. The van der Waals surface area contributed by atoms with Crippen LogP contribution in [0.4, 0.5) is 5.69 Å². The molecule has 32 heavy (non-hydrogen) atoms. The second-order valence-corrected chi connectivity index (χ2v) is 10.7. The molecule has 1 aromatic carbocycles. The van der Waals surface area contributed by atoms with Crippen molar-refractivity contribution in [2.45, 2.75) is 63.4 Å². The van der Waals surface area contributed by atoms with Crippen molar-refractivity contribution < 1.29 is 9.53 Å². The van der Waals surface area contributed by atoms with Gasteiger partial charge in [0, 0.05) is 44.6 Å². The third-order valence-corrected chi connectivity index (χ3v) is 9.25. The Morgan fingerprint density at radius 3 is 2.53 bits per heavy atom. The number of carbonyl (C=O) groups excluding carboxylic acids is 1. The van der Waals surface area contributed by atoms with E-state index in [1.165, 1.54) is 22.4 Å². The molecule has 1 aromatic rings. The molecule has 0 saturated heterocycles. The van der Waals surface area contributed by atoms with E-state index in [0.29, 0.717) is 30.0 Å². The largest absolute Gasteiger partial charge is 0.378 e. The molecule has 0 aromatic heterocycles. The summed E-state index contributed by atoms with van der Waals surface area (Å²) in [4.78, 5) is 14.3. The fraction of sp³-hybridized carbons (Fsp3) is 0.552. The molecule has 2 saturated carbocycles. The summed E-state index contributed by atoms with van der Waals surface area (Å²) in [5.74, 6) is 4.80. The maximum absolute atomic E-state index is 12.2. The summed E-state index contributed by atoms with van der Waals surface area (Å²) in [6, 6.07) is 9.07. The third-order valence-electron chi connectivity index (χ3n) is 9.25. The van der Waals surface area contributed by atoms with Gasteiger partial charge in [0.2, 0.25) is 0 Å². The number of carbonyl (C=O) groups is 1. The van der Waals surface area contributed by atoms with E-state index in [-0.39, 0.29) is 5.41 Å². The molecule has 0 spiro atoms. The second kappa shape index (κ2) is 7.63. The van der Waals surface area contributed by atoms with Gasteiger partial charge in [-0.25, -0.2) is 0 Å². The zero-order valence-electron chi connectivity index (χ0n) is 19.9. The maximum atomic E-state index is 12.2. The van der Waals surface area contributed by atoms with E-state index in [4.69, 9.17) is 11.2 Å². The highest BCUT2D eigenvalue weighted by Gasteiger charge is 2.63. The molecule has 5 atom stereocenters. The molecule has 2 fully saturated rings. The number of hydrogen-bond acceptors (Lipinski definition) is 3. The number of anilines is 1. The van der Waals surface area contributed by atoms with Crippen LogP contribution in [0.5, 0.6) is 0 Å². The van der Waals surface area contributed by atoms with E-state index in [9.17, 15) is 4.79 Å². The number of ether oxygens (including phenoxy) is 1. The van der Waals surface area contributed by atoms with Crippen molar-refractivity contribution in [2.75, 3.05) is 26.1 Å². The third kappa shape index (κ3) is 2.96. The van der Waals surface area contributed by atoms with Gasteiger partial charge < -0.3 is 9.64 Å². The van der Waals surface area contributed by atoms with E-state index in [1.54, 1.807) is 12.7 Å². The summed E-state index contributed by atoms with van der Waals surface area (Å²) in [5.41, 5.74) is 6.44. The predicted octanol–water partition coefficient (Wildman–Crippen LogP) is 5.67. The maximum Gasteiger partial charge on any atom is 0.156 e. The fourth-order valence-electron chi connectivity index (χ4n) is 7.58. The van der Waals surface area contributed by atoms with Gasteiger partial charge in [0.05, 0.1) is 0 Å². The molecule has 168 valence electrons. The number of ketones is 1. The second-order valence-electron chi connectivity index (χ2n) is 10.7. The number of nitrogens with zero attached hydrogens (tertiary/aromatic N) is 1. The minimum Gasteiger partial charge on any atom is -0.378 e. The molecule has 0 aliphatic heterocycles. The Balaban J connectivity index is 1.67. The van der Waals surface area contributed by atoms with Gasteiger partial charge in [0.15, 0.2) is 5.78 Å². The van der Waals surface area contributed by atoms with Crippen LogP contribution in [0.2, 0.25) is 0 Å². The van der Waals surface area contributed by atoms with Crippen LogP contribution in [-0.2, 0) is 9.53 Å². The predicted molar refractivity (Wildman–Crippen MR) is 130 cm³/mol. The smallest absolute Gasteiger partial charge is 0.156 e. The van der Waals surface area contributed by atoms with Gasteiger partial charge in [0.1, 0.15) is 5.60 Å². The van der Waals surface area contributed by atoms with E-state index in [1.807, 2.05) is 6.08 Å². The van der Waals surface area contributed by atoms with Crippen LogP contribution >= 0.6 is 0 Å². The van der Waals surface area contributed by atoms with Gasteiger partial charge in [-0.15, -0.1) is 6.42 Å². The highest BCUT2D eigenvalue weighted by Crippen LogP contribution is 2.67. The van der Waals surface area contributed by atoms with Crippen LogP contribution in [-0.4, -0.2) is 32.6 Å². The Labute approximate surface area is 192 Å². The summed E-state index contributed by atoms with van der Waals surface area (Å²) in [6.07, 6.45) is 14.9. The van der Waals surface area contributed by atoms with Crippen LogP contribution in [0, 0.1) is 29.6 Å². The van der Waals surface area contributed by atoms with Crippen molar-refractivity contribution in [1.29, 1.82) is 0 Å². The molecular formula is C29H35NO2. The first-order chi connectivity index (χ1) is 15.3. The number of terminal acetylenes is 1. The fourth-order valence-corrected chi connectivity index (χ4v) is 7.58. The lowest BCUT2D eigenvalue weighted by Crippen LogP contribution is -2.51. The lowest BCUT2D eigenvalue weighted by molar-refractivity contribution is -0.114. The number of hydrogen-bond donors (Lipinski definition) is 0. The molecule has 4 aliphatic rings. The zero-order valence-corrected chi connectivity index (χ0v) is 19.9. The molecule has 0 radical (unpaired) electrons. The van der Waals surface area contributed by atoms with Crippen molar-refractivity contribution >= 4 is 11.5 Å². The number of methoxy groups -OCH3 is 1. The number of rotatable bonds is 3. The van der Waals surface area contributed by atoms with Crippen molar-refractivity contribution in [3.05, 3.63) is 52.6 Å². The summed E-state index contributed by atoms with van der Waals surface area (Å²) < 4.78 is 6.14. The van der Waals surface area contributed by atoms with E-state index >= 15 is 0 Å². The number of benzene rings is 1. The van der Waals surface area contributed by atoms with Crippen molar-refractivity contribution in [3.8, 4) is 12.3 Å². The normalized spacial score (nSPS) is 36.0. The van der Waals surface area contributed by atoms with Crippen LogP contribution in [0.1, 0.15) is 63.4 Å². The molecule has 1 unspecified atom stereocenters. The Bertz CT molecular complexity index is 1040. The van der Waals surface area contributed by atoms with E-state index in [0.717, 1.165) is 38.5 Å². The monoisotopic (exact) mass is 429 g/mol. The van der Waals surface area contributed by atoms with Gasteiger partial charge in [-0.1, -0.05) is 30.6 Å². The molecule has 3 heteroatoms. The molecule has 5 rings (SSSR count). The van der Waals surface area contributed by atoms with E-state index < -0.39 is 5.60 Å². The topological polar surface area (TPSA) is 29.5 Å².